The van der Waals surface area contributed by atoms with Crippen LogP contribution >= 0.6 is 11.6 Å². The van der Waals surface area contributed by atoms with Gasteiger partial charge in [-0.25, -0.2) is 0 Å². The highest BCUT2D eigenvalue weighted by molar-refractivity contribution is 6.30. The van der Waals surface area contributed by atoms with Gasteiger partial charge in [-0.15, -0.1) is 0 Å². The van der Waals surface area contributed by atoms with Crippen LogP contribution in [0.2, 0.25) is 5.02 Å². The largest absolute Gasteiger partial charge is 0.490 e. The van der Waals surface area contributed by atoms with Crippen molar-refractivity contribution >= 4 is 28.4 Å². The van der Waals surface area contributed by atoms with Gasteiger partial charge >= 0.3 is 0 Å². The Morgan fingerprint density at radius 1 is 1.00 bits per heavy atom. The van der Waals surface area contributed by atoms with Gasteiger partial charge in [0.25, 0.3) is 5.91 Å². The molecule has 2 aromatic carbocycles. The molecule has 0 radical (unpaired) electrons. The topological polar surface area (TPSA) is 46.9 Å². The number of carbonyl (C=O) groups excluding carboxylic acids is 1. The van der Waals surface area contributed by atoms with Crippen molar-refractivity contribution in [3.63, 3.8) is 0 Å². The summed E-state index contributed by atoms with van der Waals surface area (Å²) in [6.07, 6.45) is 2.28. The van der Waals surface area contributed by atoms with Gasteiger partial charge in [0, 0.05) is 48.3 Å². The second-order valence-electron chi connectivity index (χ2n) is 9.41. The van der Waals surface area contributed by atoms with Crippen LogP contribution in [0.3, 0.4) is 0 Å². The molecular weight excluding hydrogens is 450 g/mol. The van der Waals surface area contributed by atoms with Crippen molar-refractivity contribution < 1.29 is 14.3 Å². The van der Waals surface area contributed by atoms with Crippen LogP contribution in [0.15, 0.2) is 48.5 Å². The third kappa shape index (κ3) is 4.81. The molecule has 3 heterocycles. The average Bonchev–Trinajstić information content (AvgIpc) is 3.23. The first kappa shape index (κ1) is 23.2. The molecular formula is C27H32ClN3O3. The van der Waals surface area contributed by atoms with Crippen LogP contribution in [0, 0.1) is 0 Å². The molecule has 180 valence electrons. The first-order valence-corrected chi connectivity index (χ1v) is 12.6. The number of morpholine rings is 1. The van der Waals surface area contributed by atoms with Crippen LogP contribution < -0.4 is 4.74 Å². The molecule has 0 spiro atoms. The molecule has 6 nitrogen and oxygen atoms in total. The predicted octanol–water partition coefficient (Wildman–Crippen LogP) is 5.01. The van der Waals surface area contributed by atoms with Crippen LogP contribution in [0.5, 0.6) is 5.75 Å². The SMILES string of the molecule is CC(C)N1CCC(Oc2ccc3c(c2)cc(C(=O)N2CCOCC2)n3-c2ccc(Cl)cc2)CC1. The van der Waals surface area contributed by atoms with E-state index in [0.29, 0.717) is 43.1 Å². The van der Waals surface area contributed by atoms with Gasteiger partial charge in [-0.3, -0.25) is 4.79 Å². The van der Waals surface area contributed by atoms with Crippen molar-refractivity contribution in [3.05, 3.63) is 59.2 Å². The molecule has 2 aliphatic heterocycles. The van der Waals surface area contributed by atoms with Gasteiger partial charge in [0.15, 0.2) is 0 Å². The molecule has 0 unspecified atom stereocenters. The molecule has 1 amide bonds. The Morgan fingerprint density at radius 2 is 1.71 bits per heavy atom. The summed E-state index contributed by atoms with van der Waals surface area (Å²) in [4.78, 5) is 17.9. The summed E-state index contributed by atoms with van der Waals surface area (Å²) in [7, 11) is 0. The van der Waals surface area contributed by atoms with Crippen molar-refractivity contribution in [2.75, 3.05) is 39.4 Å². The Morgan fingerprint density at radius 3 is 2.38 bits per heavy atom. The molecule has 2 saturated heterocycles. The van der Waals surface area contributed by atoms with E-state index in [1.807, 2.05) is 45.9 Å². The maximum Gasteiger partial charge on any atom is 0.271 e. The van der Waals surface area contributed by atoms with Crippen LogP contribution in [-0.4, -0.2) is 71.8 Å². The lowest BCUT2D eigenvalue weighted by Crippen LogP contribution is -2.41. The molecule has 1 aromatic heterocycles. The molecule has 2 fully saturated rings. The standard InChI is InChI=1S/C27H32ClN3O3/c1-19(2)29-11-9-23(10-12-29)34-24-7-8-25-20(17-24)18-26(27(32)30-13-15-33-16-14-30)31(25)22-5-3-21(28)4-6-22/h3-8,17-19,23H,9-16H2,1-2H3. The lowest BCUT2D eigenvalue weighted by atomic mass is 10.1. The summed E-state index contributed by atoms with van der Waals surface area (Å²) in [6.45, 7) is 8.97. The maximum atomic E-state index is 13.5. The number of piperidine rings is 1. The predicted molar refractivity (Wildman–Crippen MR) is 135 cm³/mol. The molecule has 34 heavy (non-hydrogen) atoms. The van der Waals surface area contributed by atoms with Crippen LogP contribution in [0.1, 0.15) is 37.2 Å². The number of ether oxygens (including phenoxy) is 2. The number of aromatic nitrogens is 1. The average molecular weight is 482 g/mol. The smallest absolute Gasteiger partial charge is 0.271 e. The normalized spacial score (nSPS) is 18.1. The number of halogens is 1. The van der Waals surface area contributed by atoms with Crippen molar-refractivity contribution in [3.8, 4) is 11.4 Å². The number of nitrogens with zero attached hydrogens (tertiary/aromatic N) is 3. The summed E-state index contributed by atoms with van der Waals surface area (Å²) in [5.74, 6) is 0.868. The van der Waals surface area contributed by atoms with Gasteiger partial charge in [0.2, 0.25) is 0 Å². The molecule has 0 saturated carbocycles. The molecule has 7 heteroatoms. The van der Waals surface area contributed by atoms with Crippen LogP contribution in [0.4, 0.5) is 0 Å². The molecule has 0 bridgehead atoms. The van der Waals surface area contributed by atoms with E-state index < -0.39 is 0 Å². The number of benzene rings is 2. The quantitative estimate of drug-likeness (QED) is 0.514. The molecule has 3 aromatic rings. The number of amides is 1. The van der Waals surface area contributed by atoms with E-state index >= 15 is 0 Å². The molecule has 0 aliphatic carbocycles. The number of carbonyl (C=O) groups is 1. The Labute approximate surface area is 206 Å². The Balaban J connectivity index is 1.46. The van der Waals surface area contributed by atoms with E-state index in [1.165, 1.54) is 0 Å². The molecule has 2 aliphatic rings. The van der Waals surface area contributed by atoms with Crippen LogP contribution in [-0.2, 0) is 4.74 Å². The summed E-state index contributed by atoms with van der Waals surface area (Å²) in [5.41, 5.74) is 2.52. The third-order valence-corrected chi connectivity index (χ3v) is 7.14. The lowest BCUT2D eigenvalue weighted by molar-refractivity contribution is 0.0298. The number of fused-ring (bicyclic) bond motifs is 1. The highest BCUT2D eigenvalue weighted by Gasteiger charge is 2.25. The van der Waals surface area contributed by atoms with Gasteiger partial charge in [-0.05, 0) is 75.2 Å². The van der Waals surface area contributed by atoms with Gasteiger partial charge in [0.05, 0.1) is 18.7 Å². The first-order chi connectivity index (χ1) is 16.5. The summed E-state index contributed by atoms with van der Waals surface area (Å²) in [5, 5.41) is 1.66. The minimum atomic E-state index is 0.0120. The number of hydrogen-bond donors (Lipinski definition) is 0. The fourth-order valence-corrected chi connectivity index (χ4v) is 5.05. The summed E-state index contributed by atoms with van der Waals surface area (Å²) in [6, 6.07) is 16.3. The van der Waals surface area contributed by atoms with Gasteiger partial charge < -0.3 is 23.8 Å². The van der Waals surface area contributed by atoms with E-state index in [-0.39, 0.29) is 12.0 Å². The zero-order valence-corrected chi connectivity index (χ0v) is 20.6. The Kier molecular flexibility index (Phi) is 6.82. The third-order valence-electron chi connectivity index (χ3n) is 6.88. The molecule has 0 atom stereocenters. The number of hydrogen-bond acceptors (Lipinski definition) is 4. The summed E-state index contributed by atoms with van der Waals surface area (Å²) < 4.78 is 13.8. The molecule has 5 rings (SSSR count). The van der Waals surface area contributed by atoms with E-state index in [4.69, 9.17) is 21.1 Å². The lowest BCUT2D eigenvalue weighted by Gasteiger charge is -2.34. The van der Waals surface area contributed by atoms with E-state index in [0.717, 1.165) is 48.3 Å². The second-order valence-corrected chi connectivity index (χ2v) is 9.85. The minimum Gasteiger partial charge on any atom is -0.490 e. The summed E-state index contributed by atoms with van der Waals surface area (Å²) >= 11 is 6.14. The van der Waals surface area contributed by atoms with Crippen molar-refractivity contribution in [2.45, 2.75) is 38.8 Å². The van der Waals surface area contributed by atoms with E-state index in [9.17, 15) is 4.79 Å². The maximum absolute atomic E-state index is 13.5. The number of rotatable bonds is 5. The number of likely N-dealkylation sites (tertiary alicyclic amines) is 1. The Bertz CT molecular complexity index is 1140. The fourth-order valence-electron chi connectivity index (χ4n) is 4.92. The van der Waals surface area contributed by atoms with Crippen molar-refractivity contribution in [1.82, 2.24) is 14.4 Å². The minimum absolute atomic E-state index is 0.0120. The van der Waals surface area contributed by atoms with Crippen molar-refractivity contribution in [2.24, 2.45) is 0 Å². The second kappa shape index (κ2) is 9.98. The van der Waals surface area contributed by atoms with Gasteiger partial charge in [0.1, 0.15) is 17.5 Å². The first-order valence-electron chi connectivity index (χ1n) is 12.2. The highest BCUT2D eigenvalue weighted by atomic mass is 35.5. The zero-order valence-electron chi connectivity index (χ0n) is 19.9. The Hall–Kier alpha value is -2.54. The zero-order chi connectivity index (χ0) is 23.7. The fraction of sp³-hybridized carbons (Fsp3) is 0.444. The monoisotopic (exact) mass is 481 g/mol. The van der Waals surface area contributed by atoms with Gasteiger partial charge in [-0.2, -0.15) is 0 Å². The highest BCUT2D eigenvalue weighted by Crippen LogP contribution is 2.30. The van der Waals surface area contributed by atoms with Crippen LogP contribution in [0.25, 0.3) is 16.6 Å². The van der Waals surface area contributed by atoms with Gasteiger partial charge in [-0.1, -0.05) is 11.6 Å². The van der Waals surface area contributed by atoms with E-state index in [1.54, 1.807) is 0 Å². The van der Waals surface area contributed by atoms with Crippen molar-refractivity contribution in [1.29, 1.82) is 0 Å². The molecule has 0 N–H and O–H groups in total. The van der Waals surface area contributed by atoms with E-state index in [2.05, 4.69) is 30.9 Å².